The number of ether oxygens (including phenoxy) is 1. The summed E-state index contributed by atoms with van der Waals surface area (Å²) in [7, 11) is -2.15. The van der Waals surface area contributed by atoms with E-state index in [4.69, 9.17) is 4.74 Å². The second-order valence-electron chi connectivity index (χ2n) is 5.66. The lowest BCUT2D eigenvalue weighted by Gasteiger charge is -2.19. The zero-order valence-electron chi connectivity index (χ0n) is 14.2. The van der Waals surface area contributed by atoms with E-state index in [1.807, 2.05) is 6.07 Å². The van der Waals surface area contributed by atoms with E-state index in [-0.39, 0.29) is 16.9 Å². The zero-order valence-corrected chi connectivity index (χ0v) is 16.6. The number of benzene rings is 2. The largest absolute Gasteiger partial charge is 0.469 e. The number of nitrogens with one attached hydrogen (secondary N) is 1. The van der Waals surface area contributed by atoms with Crippen molar-refractivity contribution in [3.63, 3.8) is 0 Å². The molecule has 0 fully saturated rings. The maximum Gasteiger partial charge on any atom is 0.307 e. The second-order valence-corrected chi connectivity index (χ2v) is 8.59. The standard InChI is InChI=1S/C18H18BrNO5S/c1-25-17(21)11-16(12-5-3-7-14(19)9-12)20-18(22)13-6-4-8-15(10-13)26(2,23)24/h3-10,16H,11H2,1-2H3,(H,20,22). The highest BCUT2D eigenvalue weighted by atomic mass is 79.9. The minimum Gasteiger partial charge on any atom is -0.469 e. The second kappa shape index (κ2) is 8.46. The third kappa shape index (κ3) is 5.40. The van der Waals surface area contributed by atoms with Crippen molar-refractivity contribution in [3.8, 4) is 0 Å². The van der Waals surface area contributed by atoms with Crippen LogP contribution in [-0.2, 0) is 19.4 Å². The molecule has 1 amide bonds. The number of halogens is 1. The zero-order chi connectivity index (χ0) is 19.3. The first-order valence-electron chi connectivity index (χ1n) is 7.64. The van der Waals surface area contributed by atoms with E-state index < -0.39 is 27.8 Å². The van der Waals surface area contributed by atoms with E-state index in [1.54, 1.807) is 18.2 Å². The topological polar surface area (TPSA) is 89.5 Å². The number of sulfone groups is 1. The molecule has 2 aromatic rings. The van der Waals surface area contributed by atoms with Gasteiger partial charge in [0.25, 0.3) is 5.91 Å². The number of methoxy groups -OCH3 is 1. The molecule has 2 rings (SSSR count). The van der Waals surface area contributed by atoms with Gasteiger partial charge in [-0.1, -0.05) is 34.1 Å². The van der Waals surface area contributed by atoms with Crippen molar-refractivity contribution in [2.24, 2.45) is 0 Å². The highest BCUT2D eigenvalue weighted by Crippen LogP contribution is 2.22. The molecule has 0 aliphatic rings. The van der Waals surface area contributed by atoms with Gasteiger partial charge in [0.1, 0.15) is 0 Å². The molecule has 0 saturated carbocycles. The van der Waals surface area contributed by atoms with E-state index in [2.05, 4.69) is 21.2 Å². The van der Waals surface area contributed by atoms with E-state index in [9.17, 15) is 18.0 Å². The summed E-state index contributed by atoms with van der Waals surface area (Å²) in [6.07, 6.45) is 1.02. The predicted octanol–water partition coefficient (Wildman–Crippen LogP) is 2.89. The summed E-state index contributed by atoms with van der Waals surface area (Å²) >= 11 is 3.36. The lowest BCUT2D eigenvalue weighted by Crippen LogP contribution is -2.30. The van der Waals surface area contributed by atoms with Crippen LogP contribution in [0, 0.1) is 0 Å². The normalized spacial score (nSPS) is 12.3. The first-order valence-corrected chi connectivity index (χ1v) is 10.3. The first kappa shape index (κ1) is 20.1. The predicted molar refractivity (Wildman–Crippen MR) is 101 cm³/mol. The third-order valence-electron chi connectivity index (χ3n) is 3.68. The van der Waals surface area contributed by atoms with Crippen LogP contribution in [0.3, 0.4) is 0 Å². The van der Waals surface area contributed by atoms with Crippen LogP contribution in [0.1, 0.15) is 28.4 Å². The van der Waals surface area contributed by atoms with Gasteiger partial charge in [-0.15, -0.1) is 0 Å². The molecule has 1 N–H and O–H groups in total. The monoisotopic (exact) mass is 439 g/mol. The Morgan fingerprint density at radius 2 is 1.85 bits per heavy atom. The van der Waals surface area contributed by atoms with Crippen molar-refractivity contribution in [3.05, 3.63) is 64.1 Å². The van der Waals surface area contributed by atoms with Crippen molar-refractivity contribution in [2.75, 3.05) is 13.4 Å². The molecular weight excluding hydrogens is 422 g/mol. The van der Waals surface area contributed by atoms with E-state index in [1.165, 1.54) is 31.4 Å². The molecule has 1 unspecified atom stereocenters. The molecule has 1 atom stereocenters. The first-order chi connectivity index (χ1) is 12.2. The van der Waals surface area contributed by atoms with Gasteiger partial charge in [0.2, 0.25) is 0 Å². The van der Waals surface area contributed by atoms with Crippen molar-refractivity contribution in [1.29, 1.82) is 0 Å². The molecule has 0 aliphatic carbocycles. The average molecular weight is 440 g/mol. The molecular formula is C18H18BrNO5S. The molecule has 0 aliphatic heterocycles. The number of carbonyl (C=O) groups is 2. The summed E-state index contributed by atoms with van der Waals surface area (Å²) in [5.74, 6) is -0.954. The summed E-state index contributed by atoms with van der Waals surface area (Å²) in [4.78, 5) is 24.4. The van der Waals surface area contributed by atoms with Gasteiger partial charge in [-0.05, 0) is 35.9 Å². The lowest BCUT2D eigenvalue weighted by molar-refractivity contribution is -0.141. The van der Waals surface area contributed by atoms with Crippen molar-refractivity contribution in [1.82, 2.24) is 5.32 Å². The van der Waals surface area contributed by atoms with Gasteiger partial charge in [0.05, 0.1) is 24.5 Å². The molecule has 138 valence electrons. The van der Waals surface area contributed by atoms with E-state index in [0.717, 1.165) is 16.3 Å². The fourth-order valence-electron chi connectivity index (χ4n) is 2.34. The number of rotatable bonds is 6. The SMILES string of the molecule is COC(=O)CC(NC(=O)c1cccc(S(C)(=O)=O)c1)c1cccc(Br)c1. The van der Waals surface area contributed by atoms with Gasteiger partial charge in [-0.25, -0.2) is 8.42 Å². The maximum atomic E-state index is 12.6. The summed E-state index contributed by atoms with van der Waals surface area (Å²) in [6.45, 7) is 0. The Hall–Kier alpha value is -2.19. The highest BCUT2D eigenvalue weighted by Gasteiger charge is 2.21. The quantitative estimate of drug-likeness (QED) is 0.698. The average Bonchev–Trinajstić information content (AvgIpc) is 2.60. The van der Waals surface area contributed by atoms with Gasteiger partial charge in [0.15, 0.2) is 9.84 Å². The number of hydrogen-bond donors (Lipinski definition) is 1. The van der Waals surface area contributed by atoms with Crippen LogP contribution in [0.5, 0.6) is 0 Å². The van der Waals surface area contributed by atoms with Crippen LogP contribution in [0.4, 0.5) is 0 Å². The smallest absolute Gasteiger partial charge is 0.307 e. The molecule has 0 aromatic heterocycles. The van der Waals surface area contributed by atoms with E-state index >= 15 is 0 Å². The molecule has 0 radical (unpaired) electrons. The van der Waals surface area contributed by atoms with Crippen LogP contribution in [0.25, 0.3) is 0 Å². The number of carbonyl (C=O) groups excluding carboxylic acids is 2. The fraction of sp³-hybridized carbons (Fsp3) is 0.222. The number of esters is 1. The Kier molecular flexibility index (Phi) is 6.55. The molecule has 8 heteroatoms. The minimum atomic E-state index is -3.43. The van der Waals surface area contributed by atoms with Crippen molar-refractivity contribution in [2.45, 2.75) is 17.4 Å². The summed E-state index contributed by atoms with van der Waals surface area (Å²) in [6, 6.07) is 12.3. The molecule has 0 spiro atoms. The highest BCUT2D eigenvalue weighted by molar-refractivity contribution is 9.10. The molecule has 0 heterocycles. The number of hydrogen-bond acceptors (Lipinski definition) is 5. The molecule has 26 heavy (non-hydrogen) atoms. The van der Waals surface area contributed by atoms with Crippen LogP contribution in [-0.4, -0.2) is 33.7 Å². The lowest BCUT2D eigenvalue weighted by atomic mass is 10.0. The van der Waals surface area contributed by atoms with Gasteiger partial charge in [-0.3, -0.25) is 9.59 Å². The Bertz CT molecular complexity index is 927. The minimum absolute atomic E-state index is 0.0511. The van der Waals surface area contributed by atoms with Crippen LogP contribution < -0.4 is 5.32 Å². The van der Waals surface area contributed by atoms with E-state index in [0.29, 0.717) is 0 Å². The Balaban J connectivity index is 2.30. The van der Waals surface area contributed by atoms with Crippen LogP contribution >= 0.6 is 15.9 Å². The molecule has 0 saturated heterocycles. The van der Waals surface area contributed by atoms with Crippen LogP contribution in [0.15, 0.2) is 57.9 Å². The Labute approximate surface area is 160 Å². The molecule has 6 nitrogen and oxygen atoms in total. The third-order valence-corrected chi connectivity index (χ3v) is 5.28. The molecule has 2 aromatic carbocycles. The van der Waals surface area contributed by atoms with Gasteiger partial charge >= 0.3 is 5.97 Å². The van der Waals surface area contributed by atoms with Crippen LogP contribution in [0.2, 0.25) is 0 Å². The summed E-state index contributed by atoms with van der Waals surface area (Å²) in [5, 5.41) is 2.77. The molecule has 0 bridgehead atoms. The summed E-state index contributed by atoms with van der Waals surface area (Å²) < 4.78 is 28.9. The van der Waals surface area contributed by atoms with Crippen molar-refractivity contribution < 1.29 is 22.7 Å². The van der Waals surface area contributed by atoms with Gasteiger partial charge in [-0.2, -0.15) is 0 Å². The van der Waals surface area contributed by atoms with Gasteiger partial charge < -0.3 is 10.1 Å². The Morgan fingerprint density at radius 3 is 2.46 bits per heavy atom. The van der Waals surface area contributed by atoms with Gasteiger partial charge in [0, 0.05) is 16.3 Å². The fourth-order valence-corrected chi connectivity index (χ4v) is 3.42. The summed E-state index contributed by atoms with van der Waals surface area (Å²) in [5.41, 5.74) is 0.912. The Morgan fingerprint density at radius 1 is 1.15 bits per heavy atom. The maximum absolute atomic E-state index is 12.6. The number of amides is 1. The van der Waals surface area contributed by atoms with Crippen molar-refractivity contribution >= 4 is 37.6 Å².